The molecule has 1 heterocycles. The van der Waals surface area contributed by atoms with Gasteiger partial charge in [-0.1, -0.05) is 35.9 Å². The second-order valence-corrected chi connectivity index (χ2v) is 5.67. The van der Waals surface area contributed by atoms with Gasteiger partial charge in [0.2, 0.25) is 5.91 Å². The second-order valence-electron chi connectivity index (χ2n) is 5.67. The van der Waals surface area contributed by atoms with Crippen molar-refractivity contribution in [2.24, 2.45) is 0 Å². The largest absolute Gasteiger partial charge is 0.342 e. The third-order valence-corrected chi connectivity index (χ3v) is 3.75. The molecule has 0 atom stereocenters. The Labute approximate surface area is 139 Å². The summed E-state index contributed by atoms with van der Waals surface area (Å²) in [6.07, 6.45) is 0. The first kappa shape index (κ1) is 15.7. The Balaban J connectivity index is 1.62. The van der Waals surface area contributed by atoms with Crippen molar-refractivity contribution in [3.8, 4) is 0 Å². The van der Waals surface area contributed by atoms with Crippen LogP contribution in [0.3, 0.4) is 0 Å². The summed E-state index contributed by atoms with van der Waals surface area (Å²) in [5.41, 5.74) is 3.91. The Morgan fingerprint density at radius 3 is 2.71 bits per heavy atom. The fourth-order valence-corrected chi connectivity index (χ4v) is 2.53. The zero-order valence-corrected chi connectivity index (χ0v) is 13.5. The summed E-state index contributed by atoms with van der Waals surface area (Å²) < 4.78 is 0. The Hall–Kier alpha value is -3.15. The topological polar surface area (TPSA) is 86.9 Å². The van der Waals surface area contributed by atoms with E-state index in [-0.39, 0.29) is 24.1 Å². The van der Waals surface area contributed by atoms with E-state index in [0.29, 0.717) is 0 Å². The van der Waals surface area contributed by atoms with E-state index < -0.39 is 0 Å². The van der Waals surface area contributed by atoms with Gasteiger partial charge < -0.3 is 10.6 Å². The number of hydrogen-bond donors (Lipinski definition) is 3. The maximum absolute atomic E-state index is 12.2. The molecule has 6 nitrogen and oxygen atoms in total. The van der Waals surface area contributed by atoms with Gasteiger partial charge in [0.05, 0.1) is 12.1 Å². The molecule has 0 spiro atoms. The van der Waals surface area contributed by atoms with Gasteiger partial charge in [-0.15, -0.1) is 0 Å². The van der Waals surface area contributed by atoms with Gasteiger partial charge >= 0.3 is 0 Å². The van der Waals surface area contributed by atoms with E-state index >= 15 is 0 Å². The van der Waals surface area contributed by atoms with Crippen LogP contribution in [0, 0.1) is 13.8 Å². The van der Waals surface area contributed by atoms with Gasteiger partial charge in [0.1, 0.15) is 0 Å². The normalized spacial score (nSPS) is 10.6. The molecule has 6 heteroatoms. The molecule has 0 saturated carbocycles. The highest BCUT2D eigenvalue weighted by Crippen LogP contribution is 2.16. The first-order chi connectivity index (χ1) is 11.5. The van der Waals surface area contributed by atoms with Crippen molar-refractivity contribution in [3.05, 3.63) is 59.3 Å². The number of nitrogens with zero attached hydrogens (tertiary/aromatic N) is 1. The molecule has 1 aromatic heterocycles. The molecule has 3 rings (SSSR count). The van der Waals surface area contributed by atoms with Crippen LogP contribution in [0.5, 0.6) is 0 Å². The number of H-pyrrole nitrogens is 1. The zero-order chi connectivity index (χ0) is 17.1. The third kappa shape index (κ3) is 3.27. The summed E-state index contributed by atoms with van der Waals surface area (Å²) in [5.74, 6) is -0.668. The van der Waals surface area contributed by atoms with Crippen LogP contribution in [-0.2, 0) is 4.79 Å². The number of hydrogen-bond acceptors (Lipinski definition) is 3. The van der Waals surface area contributed by atoms with Crippen molar-refractivity contribution >= 4 is 28.4 Å². The predicted molar refractivity (Wildman–Crippen MR) is 93.0 cm³/mol. The Morgan fingerprint density at radius 2 is 1.92 bits per heavy atom. The quantitative estimate of drug-likeness (QED) is 0.690. The number of aryl methyl sites for hydroxylation is 2. The maximum Gasteiger partial charge on any atom is 0.272 e. The van der Waals surface area contributed by atoms with E-state index in [1.54, 1.807) is 0 Å². The van der Waals surface area contributed by atoms with E-state index in [1.807, 2.05) is 56.3 Å². The Morgan fingerprint density at radius 1 is 1.12 bits per heavy atom. The van der Waals surface area contributed by atoms with E-state index in [9.17, 15) is 9.59 Å². The van der Waals surface area contributed by atoms with Gasteiger partial charge in [-0.25, -0.2) is 0 Å². The number of rotatable bonds is 4. The van der Waals surface area contributed by atoms with E-state index in [2.05, 4.69) is 20.8 Å². The lowest BCUT2D eigenvalue weighted by atomic mass is 10.1. The molecule has 0 radical (unpaired) electrons. The number of nitrogens with one attached hydrogen (secondary N) is 3. The van der Waals surface area contributed by atoms with E-state index in [1.165, 1.54) is 0 Å². The summed E-state index contributed by atoms with van der Waals surface area (Å²) in [6, 6.07) is 13.1. The number of carbonyl (C=O) groups excluding carboxylic acids is 2. The second kappa shape index (κ2) is 6.54. The summed E-state index contributed by atoms with van der Waals surface area (Å²) in [6.45, 7) is 3.80. The smallest absolute Gasteiger partial charge is 0.272 e. The number of benzene rings is 2. The summed E-state index contributed by atoms with van der Waals surface area (Å²) >= 11 is 0. The van der Waals surface area contributed by atoms with Crippen molar-refractivity contribution in [2.75, 3.05) is 11.9 Å². The molecule has 0 bridgehead atoms. The Bertz CT molecular complexity index is 914. The van der Waals surface area contributed by atoms with Gasteiger partial charge in [-0.05, 0) is 31.5 Å². The number of fused-ring (bicyclic) bond motifs is 1. The highest BCUT2D eigenvalue weighted by molar-refractivity contribution is 6.06. The molecule has 122 valence electrons. The van der Waals surface area contributed by atoms with Crippen molar-refractivity contribution < 1.29 is 9.59 Å². The minimum Gasteiger partial charge on any atom is -0.342 e. The van der Waals surface area contributed by atoms with Gasteiger partial charge in [0.25, 0.3) is 5.91 Å². The lowest BCUT2D eigenvalue weighted by Crippen LogP contribution is -2.33. The standard InChI is InChI=1S/C18H18N4O2/c1-11-7-8-14(12(2)9-11)20-16(23)10-19-18(24)17-13-5-3-4-6-15(13)21-22-17/h3-9H,10H2,1-2H3,(H,19,24)(H,20,23)(H,21,22). The zero-order valence-electron chi connectivity index (χ0n) is 13.5. The van der Waals surface area contributed by atoms with Crippen molar-refractivity contribution in [1.29, 1.82) is 0 Å². The molecule has 0 aliphatic carbocycles. The van der Waals surface area contributed by atoms with Crippen LogP contribution in [0.15, 0.2) is 42.5 Å². The molecule has 24 heavy (non-hydrogen) atoms. The monoisotopic (exact) mass is 322 g/mol. The summed E-state index contributed by atoms with van der Waals surface area (Å²) in [7, 11) is 0. The van der Waals surface area contributed by atoms with Crippen molar-refractivity contribution in [2.45, 2.75) is 13.8 Å². The van der Waals surface area contributed by atoms with Gasteiger partial charge in [0.15, 0.2) is 5.69 Å². The number of aromatic nitrogens is 2. The van der Waals surface area contributed by atoms with Gasteiger partial charge in [-0.3, -0.25) is 14.7 Å². The molecule has 2 aromatic carbocycles. The SMILES string of the molecule is Cc1ccc(NC(=O)CNC(=O)c2n[nH]c3ccccc23)c(C)c1. The highest BCUT2D eigenvalue weighted by atomic mass is 16.2. The lowest BCUT2D eigenvalue weighted by Gasteiger charge is -2.09. The van der Waals surface area contributed by atoms with Crippen LogP contribution >= 0.6 is 0 Å². The molecule has 3 N–H and O–H groups in total. The predicted octanol–water partition coefficient (Wildman–Crippen LogP) is 2.55. The first-order valence-electron chi connectivity index (χ1n) is 7.63. The first-order valence-corrected chi connectivity index (χ1v) is 7.63. The maximum atomic E-state index is 12.2. The van der Waals surface area contributed by atoms with Gasteiger partial charge in [0, 0.05) is 11.1 Å². The van der Waals surface area contributed by atoms with Crippen LogP contribution in [0.25, 0.3) is 10.9 Å². The van der Waals surface area contributed by atoms with E-state index in [0.717, 1.165) is 27.7 Å². The molecule has 3 aromatic rings. The summed E-state index contributed by atoms with van der Waals surface area (Å²) in [5, 5.41) is 12.9. The van der Waals surface area contributed by atoms with Gasteiger partial charge in [-0.2, -0.15) is 5.10 Å². The molecule has 0 saturated heterocycles. The molecule has 0 aliphatic rings. The molecule has 0 unspecified atom stereocenters. The molecular formula is C18H18N4O2. The lowest BCUT2D eigenvalue weighted by molar-refractivity contribution is -0.115. The van der Waals surface area contributed by atoms with E-state index in [4.69, 9.17) is 0 Å². The van der Waals surface area contributed by atoms with Crippen LogP contribution in [0.2, 0.25) is 0 Å². The highest BCUT2D eigenvalue weighted by Gasteiger charge is 2.14. The van der Waals surface area contributed by atoms with Crippen molar-refractivity contribution in [1.82, 2.24) is 15.5 Å². The third-order valence-electron chi connectivity index (χ3n) is 3.75. The van der Waals surface area contributed by atoms with Crippen LogP contribution in [-0.4, -0.2) is 28.6 Å². The molecule has 2 amide bonds. The average Bonchev–Trinajstić information content (AvgIpc) is 2.99. The Kier molecular flexibility index (Phi) is 4.29. The van der Waals surface area contributed by atoms with Crippen LogP contribution < -0.4 is 10.6 Å². The number of para-hydroxylation sites is 1. The van der Waals surface area contributed by atoms with Crippen LogP contribution in [0.1, 0.15) is 21.6 Å². The number of aromatic amines is 1. The average molecular weight is 322 g/mol. The fourth-order valence-electron chi connectivity index (χ4n) is 2.53. The molecule has 0 aliphatic heterocycles. The summed E-state index contributed by atoms with van der Waals surface area (Å²) in [4.78, 5) is 24.2. The molecular weight excluding hydrogens is 304 g/mol. The number of amides is 2. The number of anilines is 1. The minimum absolute atomic E-state index is 0.118. The van der Waals surface area contributed by atoms with Crippen LogP contribution in [0.4, 0.5) is 5.69 Å². The molecule has 0 fully saturated rings. The fraction of sp³-hybridized carbons (Fsp3) is 0.167. The minimum atomic E-state index is -0.386. The van der Waals surface area contributed by atoms with Crippen molar-refractivity contribution in [3.63, 3.8) is 0 Å². The number of carbonyl (C=O) groups is 2.